The largest absolute Gasteiger partial charge is 0.460 e. The molecule has 3 aromatic carbocycles. The second-order valence-corrected chi connectivity index (χ2v) is 8.79. The monoisotopic (exact) mass is 530 g/mol. The first-order valence-electron chi connectivity index (χ1n) is 12.5. The SMILES string of the molecule is C=CC(=O)Nc1cccc(-c2c(-c3ccccc3)oc3ncnc(N[C@H](COC(=O)C=C)c4ccccc4)c23)c1. The van der Waals surface area contributed by atoms with Crippen molar-refractivity contribution in [2.45, 2.75) is 6.04 Å². The van der Waals surface area contributed by atoms with Gasteiger partial charge in [-0.25, -0.2) is 14.8 Å². The molecule has 0 spiro atoms. The summed E-state index contributed by atoms with van der Waals surface area (Å²) < 4.78 is 11.7. The number of nitrogens with one attached hydrogen (secondary N) is 2. The fourth-order valence-electron chi connectivity index (χ4n) is 4.35. The van der Waals surface area contributed by atoms with Crippen LogP contribution in [-0.2, 0) is 14.3 Å². The highest BCUT2D eigenvalue weighted by atomic mass is 16.5. The fourth-order valence-corrected chi connectivity index (χ4v) is 4.35. The van der Waals surface area contributed by atoms with E-state index in [0.29, 0.717) is 28.4 Å². The van der Waals surface area contributed by atoms with Crippen LogP contribution in [0.1, 0.15) is 11.6 Å². The van der Waals surface area contributed by atoms with Gasteiger partial charge in [-0.3, -0.25) is 4.79 Å². The Morgan fingerprint density at radius 3 is 2.35 bits per heavy atom. The molecule has 2 heterocycles. The highest BCUT2D eigenvalue weighted by Gasteiger charge is 2.24. The van der Waals surface area contributed by atoms with Crippen LogP contribution in [0.2, 0.25) is 0 Å². The zero-order valence-corrected chi connectivity index (χ0v) is 21.5. The number of ether oxygens (including phenoxy) is 1. The number of fused-ring (bicyclic) bond motifs is 1. The Kier molecular flexibility index (Phi) is 7.78. The van der Waals surface area contributed by atoms with E-state index in [0.717, 1.165) is 28.3 Å². The topological polar surface area (TPSA) is 106 Å². The third-order valence-corrected chi connectivity index (χ3v) is 6.20. The van der Waals surface area contributed by atoms with E-state index in [9.17, 15) is 9.59 Å². The van der Waals surface area contributed by atoms with Gasteiger partial charge in [0.15, 0.2) is 0 Å². The molecule has 2 N–H and O–H groups in total. The number of hydrogen-bond acceptors (Lipinski definition) is 7. The summed E-state index contributed by atoms with van der Waals surface area (Å²) in [5, 5.41) is 6.90. The lowest BCUT2D eigenvalue weighted by atomic mass is 9.98. The van der Waals surface area contributed by atoms with Gasteiger partial charge >= 0.3 is 5.97 Å². The van der Waals surface area contributed by atoms with E-state index in [2.05, 4.69) is 33.8 Å². The highest BCUT2D eigenvalue weighted by molar-refractivity contribution is 6.07. The van der Waals surface area contributed by atoms with Crippen LogP contribution in [0.15, 0.2) is 121 Å². The Bertz CT molecular complexity index is 1680. The number of benzene rings is 3. The molecule has 0 saturated heterocycles. The summed E-state index contributed by atoms with van der Waals surface area (Å²) in [5.41, 5.74) is 4.25. The van der Waals surface area contributed by atoms with E-state index in [1.807, 2.05) is 78.9 Å². The number of carbonyl (C=O) groups excluding carboxylic acids is 2. The molecule has 0 unspecified atom stereocenters. The summed E-state index contributed by atoms with van der Waals surface area (Å²) in [7, 11) is 0. The van der Waals surface area contributed by atoms with Crippen LogP contribution < -0.4 is 10.6 Å². The number of nitrogens with zero attached hydrogens (tertiary/aromatic N) is 2. The van der Waals surface area contributed by atoms with Gasteiger partial charge < -0.3 is 19.8 Å². The molecule has 198 valence electrons. The number of anilines is 2. The number of hydrogen-bond donors (Lipinski definition) is 2. The molecule has 8 nitrogen and oxygen atoms in total. The van der Waals surface area contributed by atoms with E-state index in [1.54, 1.807) is 6.07 Å². The van der Waals surface area contributed by atoms with Crippen molar-refractivity contribution in [2.75, 3.05) is 17.2 Å². The summed E-state index contributed by atoms with van der Waals surface area (Å²) in [4.78, 5) is 32.9. The van der Waals surface area contributed by atoms with Crippen LogP contribution in [0.3, 0.4) is 0 Å². The first-order chi connectivity index (χ1) is 19.6. The molecular weight excluding hydrogens is 504 g/mol. The number of furan rings is 1. The van der Waals surface area contributed by atoms with Crippen molar-refractivity contribution in [2.24, 2.45) is 0 Å². The molecule has 5 aromatic rings. The molecule has 0 aliphatic rings. The minimum Gasteiger partial charge on any atom is -0.460 e. The van der Waals surface area contributed by atoms with Gasteiger partial charge in [-0.2, -0.15) is 0 Å². The van der Waals surface area contributed by atoms with E-state index >= 15 is 0 Å². The van der Waals surface area contributed by atoms with Gasteiger partial charge in [0.1, 0.15) is 24.5 Å². The molecule has 0 aliphatic heterocycles. The van der Waals surface area contributed by atoms with Crippen molar-refractivity contribution in [3.05, 3.63) is 122 Å². The molecule has 2 aromatic heterocycles. The Balaban J connectivity index is 1.67. The van der Waals surface area contributed by atoms with E-state index in [4.69, 9.17) is 9.15 Å². The molecule has 1 atom stereocenters. The molecular formula is C32H26N4O4. The molecule has 0 bridgehead atoms. The van der Waals surface area contributed by atoms with E-state index in [1.165, 1.54) is 12.4 Å². The minimum absolute atomic E-state index is 0.0438. The summed E-state index contributed by atoms with van der Waals surface area (Å²) in [6.07, 6.45) is 3.77. The lowest BCUT2D eigenvalue weighted by Crippen LogP contribution is -2.19. The average molecular weight is 531 g/mol. The highest BCUT2D eigenvalue weighted by Crippen LogP contribution is 2.43. The lowest BCUT2D eigenvalue weighted by Gasteiger charge is -2.20. The molecule has 0 saturated carbocycles. The molecule has 0 radical (unpaired) electrons. The van der Waals surface area contributed by atoms with Crippen molar-refractivity contribution < 1.29 is 18.7 Å². The van der Waals surface area contributed by atoms with Gasteiger partial charge in [0.05, 0.1) is 11.4 Å². The lowest BCUT2D eigenvalue weighted by molar-refractivity contribution is -0.138. The van der Waals surface area contributed by atoms with E-state index < -0.39 is 12.0 Å². The Morgan fingerprint density at radius 1 is 0.900 bits per heavy atom. The predicted molar refractivity (Wildman–Crippen MR) is 155 cm³/mol. The summed E-state index contributed by atoms with van der Waals surface area (Å²) in [6, 6.07) is 26.3. The Labute approximate surface area is 231 Å². The summed E-state index contributed by atoms with van der Waals surface area (Å²) in [6.45, 7) is 7.06. The smallest absolute Gasteiger partial charge is 0.330 e. The predicted octanol–water partition coefficient (Wildman–Crippen LogP) is 6.56. The third kappa shape index (κ3) is 5.66. The molecule has 1 amide bonds. The van der Waals surface area contributed by atoms with Crippen LogP contribution in [0.25, 0.3) is 33.6 Å². The Hall–Kier alpha value is -5.50. The molecule has 8 heteroatoms. The maximum atomic E-state index is 12.0. The first kappa shape index (κ1) is 26.1. The summed E-state index contributed by atoms with van der Waals surface area (Å²) in [5.74, 6) is 0.253. The van der Waals surface area contributed by atoms with Gasteiger partial charge in [0.2, 0.25) is 11.6 Å². The first-order valence-corrected chi connectivity index (χ1v) is 12.5. The quantitative estimate of drug-likeness (QED) is 0.155. The van der Waals surface area contributed by atoms with Crippen LogP contribution in [0.5, 0.6) is 0 Å². The average Bonchev–Trinajstić information content (AvgIpc) is 3.40. The number of aromatic nitrogens is 2. The molecule has 40 heavy (non-hydrogen) atoms. The maximum Gasteiger partial charge on any atom is 0.330 e. The van der Waals surface area contributed by atoms with Gasteiger partial charge in [0.25, 0.3) is 0 Å². The van der Waals surface area contributed by atoms with Gasteiger partial charge in [-0.15, -0.1) is 0 Å². The second kappa shape index (κ2) is 11.9. The van der Waals surface area contributed by atoms with Crippen LogP contribution in [0.4, 0.5) is 11.5 Å². The van der Waals surface area contributed by atoms with Crippen molar-refractivity contribution >= 4 is 34.5 Å². The number of rotatable bonds is 10. The van der Waals surface area contributed by atoms with Gasteiger partial charge in [-0.05, 0) is 29.3 Å². The van der Waals surface area contributed by atoms with Crippen molar-refractivity contribution in [3.63, 3.8) is 0 Å². The molecule has 0 fully saturated rings. The fraction of sp³-hybridized carbons (Fsp3) is 0.0625. The summed E-state index contributed by atoms with van der Waals surface area (Å²) >= 11 is 0. The number of carbonyl (C=O) groups is 2. The van der Waals surface area contributed by atoms with Crippen LogP contribution in [-0.4, -0.2) is 28.5 Å². The van der Waals surface area contributed by atoms with Gasteiger partial charge in [-0.1, -0.05) is 86.0 Å². The van der Waals surface area contributed by atoms with Crippen LogP contribution in [0, 0.1) is 0 Å². The number of amides is 1. The van der Waals surface area contributed by atoms with Crippen molar-refractivity contribution in [1.82, 2.24) is 9.97 Å². The maximum absolute atomic E-state index is 12.0. The molecule has 5 rings (SSSR count). The van der Waals surface area contributed by atoms with Crippen molar-refractivity contribution in [3.8, 4) is 22.5 Å². The normalized spacial score (nSPS) is 11.4. The zero-order chi connectivity index (χ0) is 27.9. The zero-order valence-electron chi connectivity index (χ0n) is 21.5. The standard InChI is InChI=1S/C32H26N4O4/c1-3-26(37)35-24-17-11-16-23(18-24)28-29-31(33-20-34-32(29)40-30(28)22-14-9-6-10-15-22)36-25(19-39-27(38)4-2)21-12-7-5-8-13-21/h3-18,20,25H,1-2,19H2,(H,35,37)(H,33,34,36)/t25-/m1/s1. The minimum atomic E-state index is -0.524. The van der Waals surface area contributed by atoms with Crippen LogP contribution >= 0.6 is 0 Å². The van der Waals surface area contributed by atoms with E-state index in [-0.39, 0.29) is 12.5 Å². The number of esters is 1. The van der Waals surface area contributed by atoms with Crippen molar-refractivity contribution in [1.29, 1.82) is 0 Å². The third-order valence-electron chi connectivity index (χ3n) is 6.20. The van der Waals surface area contributed by atoms with Gasteiger partial charge in [0, 0.05) is 22.9 Å². The Morgan fingerprint density at radius 2 is 1.62 bits per heavy atom. The second-order valence-electron chi connectivity index (χ2n) is 8.79. The molecule has 0 aliphatic carbocycles.